The van der Waals surface area contributed by atoms with Crippen LogP contribution in [0.4, 0.5) is 0 Å². The highest BCUT2D eigenvalue weighted by molar-refractivity contribution is 7.91. The van der Waals surface area contributed by atoms with Crippen molar-refractivity contribution >= 4 is 43.0 Å². The predicted molar refractivity (Wildman–Crippen MR) is 126 cm³/mol. The summed E-state index contributed by atoms with van der Waals surface area (Å²) in [7, 11) is -3.57. The van der Waals surface area contributed by atoms with E-state index in [1.165, 1.54) is 16.9 Å². The Bertz CT molecular complexity index is 1200. The van der Waals surface area contributed by atoms with Crippen LogP contribution < -0.4 is 9.46 Å². The minimum absolute atomic E-state index is 0.0873. The molecule has 1 aliphatic carbocycles. The minimum Gasteiger partial charge on any atom is -0.490 e. The normalized spacial score (nSPS) is 19.9. The Labute approximate surface area is 192 Å². The molecule has 164 valence electrons. The number of hydrogen-bond acceptors (Lipinski definition) is 5. The number of rotatable bonds is 7. The third-order valence-corrected chi connectivity index (χ3v) is 9.50. The summed E-state index contributed by atoms with van der Waals surface area (Å²) in [5.41, 5.74) is 1.97. The van der Waals surface area contributed by atoms with E-state index in [9.17, 15) is 8.42 Å². The molecule has 3 aromatic rings. The smallest absolute Gasteiger partial charge is 0.250 e. The van der Waals surface area contributed by atoms with Crippen LogP contribution in [0.5, 0.6) is 5.75 Å². The zero-order valence-corrected chi connectivity index (χ0v) is 19.7. The largest absolute Gasteiger partial charge is 0.490 e. The van der Waals surface area contributed by atoms with Gasteiger partial charge in [-0.05, 0) is 73.0 Å². The quantitative estimate of drug-likeness (QED) is 0.523. The fraction of sp³-hybridized carbons (Fsp3) is 0.391. The molecule has 0 spiro atoms. The lowest BCUT2D eigenvalue weighted by Crippen LogP contribution is -2.36. The SMILES string of the molecule is Cc1c(S(=O)(=O)NC2CCN(Cc3ccc(OC4CC4)cc3)C2)sc2ccc(Cl)cc12. The molecule has 1 N–H and O–H groups in total. The summed E-state index contributed by atoms with van der Waals surface area (Å²) < 4.78 is 36.2. The third kappa shape index (κ3) is 4.76. The molecule has 1 aliphatic heterocycles. The molecule has 0 radical (unpaired) electrons. The van der Waals surface area contributed by atoms with Gasteiger partial charge in [-0.3, -0.25) is 4.90 Å². The molecule has 5 nitrogen and oxygen atoms in total. The average molecular weight is 477 g/mol. The molecule has 0 bridgehead atoms. The van der Waals surface area contributed by atoms with Crippen LogP contribution >= 0.6 is 22.9 Å². The van der Waals surface area contributed by atoms with Gasteiger partial charge in [-0.2, -0.15) is 0 Å². The van der Waals surface area contributed by atoms with Crippen molar-refractivity contribution in [2.24, 2.45) is 0 Å². The van der Waals surface area contributed by atoms with Crippen LogP contribution in [0, 0.1) is 6.92 Å². The number of nitrogens with one attached hydrogen (secondary N) is 1. The van der Waals surface area contributed by atoms with Crippen LogP contribution in [0.2, 0.25) is 5.02 Å². The third-order valence-electron chi connectivity index (χ3n) is 5.85. The van der Waals surface area contributed by atoms with Crippen molar-refractivity contribution in [1.29, 1.82) is 0 Å². The van der Waals surface area contributed by atoms with E-state index in [2.05, 4.69) is 21.8 Å². The van der Waals surface area contributed by atoms with Gasteiger partial charge < -0.3 is 4.74 Å². The summed E-state index contributed by atoms with van der Waals surface area (Å²) in [6.07, 6.45) is 3.51. The van der Waals surface area contributed by atoms with Crippen molar-refractivity contribution in [2.45, 2.75) is 49.1 Å². The standard InChI is InChI=1S/C23H25ClN2O3S2/c1-15-21-12-17(24)4-9-22(21)30-23(15)31(27,28)25-18-10-11-26(14-18)13-16-2-5-19(6-3-16)29-20-7-8-20/h2-6,9,12,18,20,25H,7-8,10-11,13-14H2,1H3. The molecule has 1 saturated heterocycles. The Hall–Kier alpha value is -1.64. The van der Waals surface area contributed by atoms with Gasteiger partial charge in [0.25, 0.3) is 10.0 Å². The highest BCUT2D eigenvalue weighted by Crippen LogP contribution is 2.35. The maximum atomic E-state index is 13.1. The Morgan fingerprint density at radius 1 is 1.16 bits per heavy atom. The van der Waals surface area contributed by atoms with E-state index in [-0.39, 0.29) is 6.04 Å². The number of benzene rings is 2. The van der Waals surface area contributed by atoms with E-state index in [1.807, 2.05) is 31.2 Å². The molecule has 31 heavy (non-hydrogen) atoms. The molecule has 1 aromatic heterocycles. The topological polar surface area (TPSA) is 58.6 Å². The van der Waals surface area contributed by atoms with Crippen LogP contribution in [0.1, 0.15) is 30.4 Å². The number of ether oxygens (including phenoxy) is 1. The molecule has 0 amide bonds. The van der Waals surface area contributed by atoms with Gasteiger partial charge in [0.15, 0.2) is 0 Å². The van der Waals surface area contributed by atoms with Gasteiger partial charge in [-0.15, -0.1) is 11.3 Å². The second kappa shape index (κ2) is 8.37. The van der Waals surface area contributed by atoms with Gasteiger partial charge in [-0.25, -0.2) is 13.1 Å². The summed E-state index contributed by atoms with van der Waals surface area (Å²) in [6.45, 7) is 4.23. The zero-order chi connectivity index (χ0) is 21.6. The van der Waals surface area contributed by atoms with Crippen molar-refractivity contribution in [3.63, 3.8) is 0 Å². The zero-order valence-electron chi connectivity index (χ0n) is 17.3. The lowest BCUT2D eigenvalue weighted by atomic mass is 10.2. The van der Waals surface area contributed by atoms with Crippen LogP contribution in [0.3, 0.4) is 0 Å². The number of thiophene rings is 1. The van der Waals surface area contributed by atoms with Gasteiger partial charge >= 0.3 is 0 Å². The van der Waals surface area contributed by atoms with Gasteiger partial charge in [0.1, 0.15) is 9.96 Å². The highest BCUT2D eigenvalue weighted by Gasteiger charge is 2.30. The number of halogens is 1. The van der Waals surface area contributed by atoms with Crippen molar-refractivity contribution in [2.75, 3.05) is 13.1 Å². The molecule has 1 saturated carbocycles. The Kier molecular flexibility index (Phi) is 5.73. The van der Waals surface area contributed by atoms with Gasteiger partial charge in [0, 0.05) is 35.4 Å². The molecule has 2 fully saturated rings. The molecule has 2 aliphatic rings. The minimum atomic E-state index is -3.57. The fourth-order valence-corrected chi connectivity index (χ4v) is 7.28. The van der Waals surface area contributed by atoms with Crippen molar-refractivity contribution < 1.29 is 13.2 Å². The van der Waals surface area contributed by atoms with Crippen LogP contribution in [-0.2, 0) is 16.6 Å². The molecule has 1 unspecified atom stereocenters. The van der Waals surface area contributed by atoms with Crippen molar-refractivity contribution in [3.8, 4) is 5.75 Å². The van der Waals surface area contributed by atoms with Crippen LogP contribution in [0.15, 0.2) is 46.7 Å². The summed E-state index contributed by atoms with van der Waals surface area (Å²) in [4.78, 5) is 2.29. The summed E-state index contributed by atoms with van der Waals surface area (Å²) in [5, 5.41) is 1.52. The van der Waals surface area contributed by atoms with Crippen molar-refractivity contribution in [1.82, 2.24) is 9.62 Å². The summed E-state index contributed by atoms with van der Waals surface area (Å²) in [5.74, 6) is 0.929. The summed E-state index contributed by atoms with van der Waals surface area (Å²) >= 11 is 7.40. The first kappa shape index (κ1) is 21.2. The first-order chi connectivity index (χ1) is 14.9. The average Bonchev–Trinajstić information content (AvgIpc) is 3.35. The van der Waals surface area contributed by atoms with Gasteiger partial charge in [0.2, 0.25) is 0 Å². The summed E-state index contributed by atoms with van der Waals surface area (Å²) in [6, 6.07) is 13.7. The Balaban J connectivity index is 1.22. The molecule has 1 atom stereocenters. The van der Waals surface area contributed by atoms with E-state index >= 15 is 0 Å². The second-order valence-corrected chi connectivity index (χ2v) is 11.9. The number of sulfonamides is 1. The number of nitrogens with zero attached hydrogens (tertiary/aromatic N) is 1. The molecular weight excluding hydrogens is 452 g/mol. The van der Waals surface area contributed by atoms with Gasteiger partial charge in [0.05, 0.1) is 6.10 Å². The maximum Gasteiger partial charge on any atom is 0.250 e. The molecular formula is C23H25ClN2O3S2. The van der Waals surface area contributed by atoms with E-state index in [0.717, 1.165) is 53.8 Å². The van der Waals surface area contributed by atoms with Crippen LogP contribution in [-0.4, -0.2) is 38.6 Å². The molecule has 8 heteroatoms. The molecule has 2 heterocycles. The first-order valence-electron chi connectivity index (χ1n) is 10.6. The lowest BCUT2D eigenvalue weighted by molar-refractivity contribution is 0.302. The van der Waals surface area contributed by atoms with Gasteiger partial charge in [-0.1, -0.05) is 23.7 Å². The number of likely N-dealkylation sites (tertiary alicyclic amines) is 1. The van der Waals surface area contributed by atoms with E-state index in [0.29, 0.717) is 21.9 Å². The van der Waals surface area contributed by atoms with E-state index < -0.39 is 10.0 Å². The van der Waals surface area contributed by atoms with E-state index in [1.54, 1.807) is 6.07 Å². The maximum absolute atomic E-state index is 13.1. The number of fused-ring (bicyclic) bond motifs is 1. The highest BCUT2D eigenvalue weighted by atomic mass is 35.5. The number of hydrogen-bond donors (Lipinski definition) is 1. The monoisotopic (exact) mass is 476 g/mol. The van der Waals surface area contributed by atoms with Crippen molar-refractivity contribution in [3.05, 3.63) is 58.6 Å². The lowest BCUT2D eigenvalue weighted by Gasteiger charge is -2.17. The first-order valence-corrected chi connectivity index (χ1v) is 13.2. The molecule has 5 rings (SSSR count). The molecule has 2 aromatic carbocycles. The fourth-order valence-electron chi connectivity index (χ4n) is 4.08. The van der Waals surface area contributed by atoms with E-state index in [4.69, 9.17) is 16.3 Å². The number of aryl methyl sites for hydroxylation is 1. The second-order valence-electron chi connectivity index (χ2n) is 8.46. The predicted octanol–water partition coefficient (Wildman–Crippen LogP) is 4.96. The Morgan fingerprint density at radius 3 is 2.68 bits per heavy atom. The van der Waals surface area contributed by atoms with Crippen LogP contribution in [0.25, 0.3) is 10.1 Å². The Morgan fingerprint density at radius 2 is 1.94 bits per heavy atom.